The topological polar surface area (TPSA) is 46.9 Å². The van der Waals surface area contributed by atoms with Gasteiger partial charge in [0.1, 0.15) is 11.6 Å². The van der Waals surface area contributed by atoms with Gasteiger partial charge in [0.05, 0.1) is 17.4 Å². The van der Waals surface area contributed by atoms with Crippen LogP contribution in [0.2, 0.25) is 0 Å². The van der Waals surface area contributed by atoms with Crippen molar-refractivity contribution in [2.45, 2.75) is 12.6 Å². The van der Waals surface area contributed by atoms with E-state index >= 15 is 0 Å². The maximum Gasteiger partial charge on any atom is 0.434 e. The first-order valence-electron chi connectivity index (χ1n) is 8.19. The van der Waals surface area contributed by atoms with Crippen molar-refractivity contribution < 1.29 is 26.7 Å². The van der Waals surface area contributed by atoms with Crippen molar-refractivity contribution in [1.29, 1.82) is 0 Å². The van der Waals surface area contributed by atoms with Gasteiger partial charge in [-0.2, -0.15) is 18.3 Å². The lowest BCUT2D eigenvalue weighted by molar-refractivity contribution is -0.143. The summed E-state index contributed by atoms with van der Waals surface area (Å²) in [6, 6.07) is 9.93. The normalized spacial score (nSPS) is 11.5. The molecule has 0 unspecified atom stereocenters. The second kappa shape index (κ2) is 7.79. The molecule has 0 spiro atoms. The van der Waals surface area contributed by atoms with Gasteiger partial charge in [-0.05, 0) is 48.4 Å². The molecule has 1 aromatic heterocycles. The van der Waals surface area contributed by atoms with Gasteiger partial charge in [0.2, 0.25) is 0 Å². The van der Waals surface area contributed by atoms with Gasteiger partial charge in [-0.1, -0.05) is 12.1 Å². The molecule has 0 aliphatic heterocycles. The molecule has 4 nitrogen and oxygen atoms in total. The van der Waals surface area contributed by atoms with Gasteiger partial charge in [-0.25, -0.2) is 13.5 Å². The molecule has 0 radical (unpaired) electrons. The molecule has 0 aliphatic rings. The summed E-state index contributed by atoms with van der Waals surface area (Å²) >= 11 is 0. The lowest BCUT2D eigenvalue weighted by Crippen LogP contribution is -2.28. The molecule has 146 valence electrons. The molecule has 0 saturated heterocycles. The van der Waals surface area contributed by atoms with Gasteiger partial charge in [0.25, 0.3) is 5.91 Å². The number of rotatable bonds is 5. The fourth-order valence-electron chi connectivity index (χ4n) is 2.67. The van der Waals surface area contributed by atoms with Gasteiger partial charge < -0.3 is 5.32 Å². The lowest BCUT2D eigenvalue weighted by Gasteiger charge is -2.13. The number of nitrogens with zero attached hydrogens (tertiary/aromatic N) is 2. The monoisotopic (exact) mass is 395 g/mol. The molecule has 2 aromatic carbocycles. The summed E-state index contributed by atoms with van der Waals surface area (Å²) in [5, 5.41) is 6.02. The van der Waals surface area contributed by atoms with E-state index in [0.29, 0.717) is 10.2 Å². The molecule has 1 N–H and O–H groups in total. The van der Waals surface area contributed by atoms with Crippen LogP contribution in [0.15, 0.2) is 54.7 Å². The number of nitrogens with one attached hydrogen (secondary N) is 1. The smallest absolute Gasteiger partial charge is 0.352 e. The van der Waals surface area contributed by atoms with Crippen molar-refractivity contribution >= 4 is 5.91 Å². The molecule has 0 bridgehead atoms. The second-order valence-corrected chi connectivity index (χ2v) is 5.93. The quantitative estimate of drug-likeness (QED) is 0.660. The van der Waals surface area contributed by atoms with Crippen molar-refractivity contribution in [3.8, 4) is 5.69 Å². The Morgan fingerprint density at radius 1 is 1.04 bits per heavy atom. The van der Waals surface area contributed by atoms with Crippen LogP contribution in [0.4, 0.5) is 22.0 Å². The Hall–Kier alpha value is -3.23. The molecular weight excluding hydrogens is 381 g/mol. The zero-order valence-electron chi connectivity index (χ0n) is 14.3. The van der Waals surface area contributed by atoms with Crippen LogP contribution in [-0.2, 0) is 12.6 Å². The molecule has 3 aromatic rings. The molecular formula is C19H14F5N3O. The molecule has 9 heteroatoms. The van der Waals surface area contributed by atoms with Crippen LogP contribution in [0.5, 0.6) is 0 Å². The van der Waals surface area contributed by atoms with E-state index < -0.39 is 35.0 Å². The Kier molecular flexibility index (Phi) is 5.43. The van der Waals surface area contributed by atoms with Crippen molar-refractivity contribution in [3.05, 3.63) is 83.2 Å². The van der Waals surface area contributed by atoms with E-state index in [4.69, 9.17) is 0 Å². The molecule has 0 saturated carbocycles. The third-order valence-electron chi connectivity index (χ3n) is 3.94. The Morgan fingerprint density at radius 2 is 1.75 bits per heavy atom. The summed E-state index contributed by atoms with van der Waals surface area (Å²) in [5.41, 5.74) is -1.36. The molecule has 3 rings (SSSR count). The molecule has 1 heterocycles. The van der Waals surface area contributed by atoms with Crippen LogP contribution in [0.1, 0.15) is 21.6 Å². The molecule has 0 atom stereocenters. The second-order valence-electron chi connectivity index (χ2n) is 5.93. The Balaban J connectivity index is 1.81. The highest BCUT2D eigenvalue weighted by atomic mass is 19.4. The number of hydrogen-bond acceptors (Lipinski definition) is 2. The largest absolute Gasteiger partial charge is 0.434 e. The van der Waals surface area contributed by atoms with Crippen LogP contribution in [0.3, 0.4) is 0 Å². The third-order valence-corrected chi connectivity index (χ3v) is 3.94. The van der Waals surface area contributed by atoms with E-state index in [1.807, 2.05) is 0 Å². The lowest BCUT2D eigenvalue weighted by atomic mass is 10.1. The maximum atomic E-state index is 13.5. The molecule has 0 aliphatic carbocycles. The van der Waals surface area contributed by atoms with Gasteiger partial charge in [0.15, 0.2) is 5.69 Å². The van der Waals surface area contributed by atoms with Crippen LogP contribution >= 0.6 is 0 Å². The number of carbonyl (C=O) groups is 1. The highest BCUT2D eigenvalue weighted by molar-refractivity contribution is 5.95. The fraction of sp³-hybridized carbons (Fsp3) is 0.158. The standard InChI is InChI=1S/C19H14F5N3O/c20-13-4-6-15(7-5-13)27-17(19(22,23)24)16(11-26-27)18(28)25-9-8-12-2-1-3-14(21)10-12/h1-7,10-11H,8-9H2,(H,25,28). The number of amides is 1. The van der Waals surface area contributed by atoms with E-state index in [1.54, 1.807) is 6.07 Å². The zero-order valence-corrected chi connectivity index (χ0v) is 14.3. The van der Waals surface area contributed by atoms with E-state index in [-0.39, 0.29) is 18.7 Å². The summed E-state index contributed by atoms with van der Waals surface area (Å²) in [6.45, 7) is 0.0152. The average molecular weight is 395 g/mol. The number of benzene rings is 2. The Bertz CT molecular complexity index is 980. The van der Waals surface area contributed by atoms with Crippen LogP contribution < -0.4 is 5.32 Å². The number of alkyl halides is 3. The minimum atomic E-state index is -4.86. The summed E-state index contributed by atoms with van der Waals surface area (Å²) in [6.07, 6.45) is -3.80. The van der Waals surface area contributed by atoms with Gasteiger partial charge in [0, 0.05) is 6.54 Å². The van der Waals surface area contributed by atoms with E-state index in [2.05, 4.69) is 10.4 Å². The maximum absolute atomic E-state index is 13.5. The van der Waals surface area contributed by atoms with Crippen LogP contribution in [-0.4, -0.2) is 22.2 Å². The summed E-state index contributed by atoms with van der Waals surface area (Å²) < 4.78 is 67.3. The van der Waals surface area contributed by atoms with E-state index in [9.17, 15) is 26.7 Å². The predicted octanol–water partition coefficient (Wildman–Crippen LogP) is 4.14. The third kappa shape index (κ3) is 4.36. The SMILES string of the molecule is O=C(NCCc1cccc(F)c1)c1cnn(-c2ccc(F)cc2)c1C(F)(F)F. The van der Waals surface area contributed by atoms with Crippen LogP contribution in [0.25, 0.3) is 5.69 Å². The predicted molar refractivity (Wildman–Crippen MR) is 91.0 cm³/mol. The average Bonchev–Trinajstić information content (AvgIpc) is 3.08. The van der Waals surface area contributed by atoms with Crippen molar-refractivity contribution in [3.63, 3.8) is 0 Å². The van der Waals surface area contributed by atoms with E-state index in [0.717, 1.165) is 30.5 Å². The number of hydrogen-bond donors (Lipinski definition) is 1. The fourth-order valence-corrected chi connectivity index (χ4v) is 2.67. The number of halogens is 5. The van der Waals surface area contributed by atoms with Crippen LogP contribution in [0, 0.1) is 11.6 Å². The first-order chi connectivity index (χ1) is 13.3. The highest BCUT2D eigenvalue weighted by Gasteiger charge is 2.40. The van der Waals surface area contributed by atoms with Crippen molar-refractivity contribution in [1.82, 2.24) is 15.1 Å². The van der Waals surface area contributed by atoms with Gasteiger partial charge in [-0.15, -0.1) is 0 Å². The minimum Gasteiger partial charge on any atom is -0.352 e. The Morgan fingerprint density at radius 3 is 2.39 bits per heavy atom. The van der Waals surface area contributed by atoms with Crippen molar-refractivity contribution in [2.24, 2.45) is 0 Å². The van der Waals surface area contributed by atoms with Crippen molar-refractivity contribution in [2.75, 3.05) is 6.54 Å². The first-order valence-corrected chi connectivity index (χ1v) is 8.19. The highest BCUT2D eigenvalue weighted by Crippen LogP contribution is 2.33. The zero-order chi connectivity index (χ0) is 20.3. The van der Waals surface area contributed by atoms with Gasteiger partial charge >= 0.3 is 6.18 Å². The summed E-state index contributed by atoms with van der Waals surface area (Å²) in [4.78, 5) is 12.3. The summed E-state index contributed by atoms with van der Waals surface area (Å²) in [7, 11) is 0. The first kappa shape index (κ1) is 19.5. The molecule has 0 fully saturated rings. The minimum absolute atomic E-state index is 0.0152. The molecule has 1 amide bonds. The van der Waals surface area contributed by atoms with Gasteiger partial charge in [-0.3, -0.25) is 4.79 Å². The Labute approximate surface area is 156 Å². The van der Waals surface area contributed by atoms with E-state index in [1.165, 1.54) is 18.2 Å². The number of carbonyl (C=O) groups excluding carboxylic acids is 1. The molecule has 28 heavy (non-hydrogen) atoms. The summed E-state index contributed by atoms with van der Waals surface area (Å²) in [5.74, 6) is -2.01. The number of aromatic nitrogens is 2.